The van der Waals surface area contributed by atoms with Crippen LogP contribution in [-0.2, 0) is 16.8 Å². The highest BCUT2D eigenvalue weighted by atomic mass is 32.2. The Bertz CT molecular complexity index is 612. The number of rotatable bonds is 3. The van der Waals surface area contributed by atoms with Crippen molar-refractivity contribution in [1.29, 1.82) is 0 Å². The van der Waals surface area contributed by atoms with E-state index in [1.807, 2.05) is 18.2 Å². The van der Waals surface area contributed by atoms with Crippen LogP contribution in [0.3, 0.4) is 0 Å². The summed E-state index contributed by atoms with van der Waals surface area (Å²) in [4.78, 5) is 2.20. The second kappa shape index (κ2) is 5.80. The van der Waals surface area contributed by atoms with Crippen LogP contribution in [-0.4, -0.2) is 57.0 Å². The molecule has 1 fully saturated rings. The quantitative estimate of drug-likeness (QED) is 0.834. The largest absolute Gasteiger partial charge is 0.486 e. The van der Waals surface area contributed by atoms with Crippen LogP contribution in [0, 0.1) is 0 Å². The Morgan fingerprint density at radius 3 is 2.38 bits per heavy atom. The molecule has 2 heterocycles. The molecule has 1 saturated heterocycles. The molecule has 0 atom stereocenters. The van der Waals surface area contributed by atoms with E-state index in [1.54, 1.807) is 0 Å². The molecule has 8 heteroatoms. The van der Waals surface area contributed by atoms with Crippen LogP contribution in [0.1, 0.15) is 5.56 Å². The van der Waals surface area contributed by atoms with Crippen molar-refractivity contribution in [1.82, 2.24) is 9.21 Å². The topological polar surface area (TPSA) is 85.1 Å². The minimum Gasteiger partial charge on any atom is -0.486 e. The van der Waals surface area contributed by atoms with Crippen LogP contribution >= 0.6 is 0 Å². The van der Waals surface area contributed by atoms with Crippen LogP contribution in [0.15, 0.2) is 18.2 Å². The zero-order valence-electron chi connectivity index (χ0n) is 11.7. The lowest BCUT2D eigenvalue weighted by molar-refractivity contribution is 0.169. The van der Waals surface area contributed by atoms with E-state index in [4.69, 9.17) is 14.6 Å². The highest BCUT2D eigenvalue weighted by molar-refractivity contribution is 7.86. The minimum atomic E-state index is -3.56. The smallest absolute Gasteiger partial charge is 0.276 e. The molecule has 0 radical (unpaired) electrons. The number of nitrogens with two attached hydrogens (primary N) is 1. The summed E-state index contributed by atoms with van der Waals surface area (Å²) in [7, 11) is -3.56. The van der Waals surface area contributed by atoms with Crippen molar-refractivity contribution in [3.05, 3.63) is 23.8 Å². The van der Waals surface area contributed by atoms with Gasteiger partial charge >= 0.3 is 0 Å². The third-order valence-electron chi connectivity index (χ3n) is 3.70. The van der Waals surface area contributed by atoms with Gasteiger partial charge < -0.3 is 9.47 Å². The highest BCUT2D eigenvalue weighted by Crippen LogP contribution is 2.31. The fourth-order valence-corrected chi connectivity index (χ4v) is 3.26. The van der Waals surface area contributed by atoms with Crippen LogP contribution < -0.4 is 14.6 Å². The Hall–Kier alpha value is -1.35. The number of nitrogens with zero attached hydrogens (tertiary/aromatic N) is 2. The molecule has 0 aliphatic carbocycles. The van der Waals surface area contributed by atoms with Crippen LogP contribution in [0.25, 0.3) is 0 Å². The number of piperazine rings is 1. The Labute approximate surface area is 124 Å². The third-order valence-corrected chi connectivity index (χ3v) is 4.79. The summed E-state index contributed by atoms with van der Waals surface area (Å²) in [6.07, 6.45) is 0. The van der Waals surface area contributed by atoms with Gasteiger partial charge in [0.25, 0.3) is 10.2 Å². The van der Waals surface area contributed by atoms with Crippen molar-refractivity contribution < 1.29 is 17.9 Å². The molecule has 1 aromatic rings. The normalized spacial score (nSPS) is 20.4. The summed E-state index contributed by atoms with van der Waals surface area (Å²) in [6.45, 7) is 4.13. The first kappa shape index (κ1) is 14.6. The first-order chi connectivity index (χ1) is 10.0. The van der Waals surface area contributed by atoms with Crippen molar-refractivity contribution in [2.24, 2.45) is 5.14 Å². The molecule has 3 rings (SSSR count). The lowest BCUT2D eigenvalue weighted by Crippen LogP contribution is -2.50. The van der Waals surface area contributed by atoms with Crippen molar-refractivity contribution >= 4 is 10.2 Å². The van der Waals surface area contributed by atoms with E-state index < -0.39 is 10.2 Å². The molecule has 21 heavy (non-hydrogen) atoms. The summed E-state index contributed by atoms with van der Waals surface area (Å²) in [5, 5.41) is 5.13. The van der Waals surface area contributed by atoms with E-state index in [1.165, 1.54) is 4.31 Å². The van der Waals surface area contributed by atoms with Gasteiger partial charge in [0.15, 0.2) is 11.5 Å². The second-order valence-corrected chi connectivity index (χ2v) is 6.74. The molecule has 0 bridgehead atoms. The maximum absolute atomic E-state index is 11.3. The molecule has 2 N–H and O–H groups in total. The average Bonchev–Trinajstić information content (AvgIpc) is 2.47. The summed E-state index contributed by atoms with van der Waals surface area (Å²) in [5.41, 5.74) is 1.13. The fourth-order valence-electron chi connectivity index (χ4n) is 2.59. The van der Waals surface area contributed by atoms with E-state index in [2.05, 4.69) is 4.90 Å². The molecule has 2 aliphatic rings. The number of fused-ring (bicyclic) bond motifs is 1. The van der Waals surface area contributed by atoms with Gasteiger partial charge in [0.1, 0.15) is 13.2 Å². The maximum Gasteiger partial charge on any atom is 0.276 e. The summed E-state index contributed by atoms with van der Waals surface area (Å²) in [5.74, 6) is 1.56. The second-order valence-electron chi connectivity index (χ2n) is 5.20. The molecule has 1 aromatic carbocycles. The molecule has 2 aliphatic heterocycles. The zero-order chi connectivity index (χ0) is 14.9. The minimum absolute atomic E-state index is 0.434. The maximum atomic E-state index is 11.3. The first-order valence-corrected chi connectivity index (χ1v) is 8.41. The molecule has 0 unspecified atom stereocenters. The lowest BCUT2D eigenvalue weighted by atomic mass is 10.1. The summed E-state index contributed by atoms with van der Waals surface area (Å²) < 4.78 is 34.9. The van der Waals surface area contributed by atoms with Gasteiger partial charge in [0, 0.05) is 32.7 Å². The van der Waals surface area contributed by atoms with Crippen LogP contribution in [0.5, 0.6) is 11.5 Å². The van der Waals surface area contributed by atoms with Crippen molar-refractivity contribution in [3.63, 3.8) is 0 Å². The molecule has 7 nitrogen and oxygen atoms in total. The van der Waals surface area contributed by atoms with Gasteiger partial charge in [-0.3, -0.25) is 4.90 Å². The third kappa shape index (κ3) is 3.46. The zero-order valence-corrected chi connectivity index (χ0v) is 12.5. The van der Waals surface area contributed by atoms with Crippen molar-refractivity contribution in [2.45, 2.75) is 6.54 Å². The average molecular weight is 313 g/mol. The molecule has 0 spiro atoms. The highest BCUT2D eigenvalue weighted by Gasteiger charge is 2.24. The Morgan fingerprint density at radius 1 is 1.05 bits per heavy atom. The SMILES string of the molecule is NS(=O)(=O)N1CCN(Cc2ccc3c(c2)OCCO3)CC1. The Kier molecular flexibility index (Phi) is 4.03. The first-order valence-electron chi connectivity index (χ1n) is 6.91. The lowest BCUT2D eigenvalue weighted by Gasteiger charge is -2.33. The number of hydrogen-bond acceptors (Lipinski definition) is 5. The van der Waals surface area contributed by atoms with Crippen molar-refractivity contribution in [2.75, 3.05) is 39.4 Å². The van der Waals surface area contributed by atoms with Gasteiger partial charge in [-0.2, -0.15) is 12.7 Å². The molecular weight excluding hydrogens is 294 g/mol. The Balaban J connectivity index is 1.61. The van der Waals surface area contributed by atoms with Gasteiger partial charge in [0.2, 0.25) is 0 Å². The molecule has 0 aromatic heterocycles. The van der Waals surface area contributed by atoms with E-state index in [0.29, 0.717) is 39.4 Å². The van der Waals surface area contributed by atoms with Crippen molar-refractivity contribution in [3.8, 4) is 11.5 Å². The summed E-state index contributed by atoms with van der Waals surface area (Å²) in [6, 6.07) is 5.92. The predicted octanol–water partition coefficient (Wildman–Crippen LogP) is -0.221. The Morgan fingerprint density at radius 2 is 1.71 bits per heavy atom. The monoisotopic (exact) mass is 313 g/mol. The number of hydrogen-bond donors (Lipinski definition) is 1. The van der Waals surface area contributed by atoms with Gasteiger partial charge in [-0.05, 0) is 17.7 Å². The molecular formula is C13H19N3O4S. The van der Waals surface area contributed by atoms with Gasteiger partial charge in [-0.15, -0.1) is 0 Å². The number of benzene rings is 1. The molecule has 0 saturated carbocycles. The van der Waals surface area contributed by atoms with Crippen LogP contribution in [0.4, 0.5) is 0 Å². The molecule has 116 valence electrons. The van der Waals surface area contributed by atoms with Crippen LogP contribution in [0.2, 0.25) is 0 Å². The van der Waals surface area contributed by atoms with E-state index in [0.717, 1.165) is 23.6 Å². The fraction of sp³-hybridized carbons (Fsp3) is 0.538. The number of ether oxygens (including phenoxy) is 2. The van der Waals surface area contributed by atoms with E-state index in [9.17, 15) is 8.42 Å². The van der Waals surface area contributed by atoms with E-state index >= 15 is 0 Å². The molecule has 0 amide bonds. The standard InChI is InChI=1S/C13H19N3O4S/c14-21(17,18)16-5-3-15(4-6-16)10-11-1-2-12-13(9-11)20-8-7-19-12/h1-2,9H,3-8,10H2,(H2,14,17,18). The van der Waals surface area contributed by atoms with Gasteiger partial charge in [-0.1, -0.05) is 6.07 Å². The summed E-state index contributed by atoms with van der Waals surface area (Å²) >= 11 is 0. The van der Waals surface area contributed by atoms with E-state index in [-0.39, 0.29) is 0 Å². The predicted molar refractivity (Wildman–Crippen MR) is 77.4 cm³/mol. The van der Waals surface area contributed by atoms with Gasteiger partial charge in [-0.25, -0.2) is 5.14 Å². The van der Waals surface area contributed by atoms with Gasteiger partial charge in [0.05, 0.1) is 0 Å².